The topological polar surface area (TPSA) is 78.9 Å². The zero-order valence-electron chi connectivity index (χ0n) is 15.0. The molecule has 0 unspecified atom stereocenters. The van der Waals surface area contributed by atoms with Gasteiger partial charge in [-0.1, -0.05) is 25.2 Å². The Labute approximate surface area is 147 Å². The zero-order valence-corrected chi connectivity index (χ0v) is 15.0. The third-order valence-corrected chi connectivity index (χ3v) is 5.85. The fourth-order valence-electron chi connectivity index (χ4n) is 4.88. The first-order chi connectivity index (χ1) is 11.6. The van der Waals surface area contributed by atoms with E-state index in [0.29, 0.717) is 18.4 Å². The van der Waals surface area contributed by atoms with Gasteiger partial charge in [-0.3, -0.25) is 9.59 Å². The SMILES string of the molecule is C=C1C(=O)O[C@H]2C[C@]3(C)[C@H](C(C)=CC[C@H]3OC(C)=O)[C@@H](OC(C)=O)[C@H]12. The van der Waals surface area contributed by atoms with E-state index in [1.165, 1.54) is 13.8 Å². The standard InChI is InChI=1S/C19H24O6/c1-9-6-7-14(23-11(3)20)19(5)8-13-15(10(2)18(22)25-13)17(16(9)19)24-12(4)21/h6,13-17H,2,7-8H2,1,3-5H3/t13-,14+,15+,16+,17-,19-/m0/s1. The number of rotatable bonds is 2. The van der Waals surface area contributed by atoms with E-state index in [0.717, 1.165) is 5.57 Å². The van der Waals surface area contributed by atoms with Crippen LogP contribution in [0.1, 0.15) is 40.5 Å². The van der Waals surface area contributed by atoms with Crippen LogP contribution in [0.15, 0.2) is 23.8 Å². The van der Waals surface area contributed by atoms with Gasteiger partial charge in [-0.25, -0.2) is 4.79 Å². The largest absolute Gasteiger partial charge is 0.462 e. The summed E-state index contributed by atoms with van der Waals surface area (Å²) in [7, 11) is 0. The van der Waals surface area contributed by atoms with E-state index < -0.39 is 29.6 Å². The summed E-state index contributed by atoms with van der Waals surface area (Å²) >= 11 is 0. The second kappa shape index (κ2) is 6.00. The molecule has 0 spiro atoms. The van der Waals surface area contributed by atoms with Gasteiger partial charge >= 0.3 is 17.9 Å². The van der Waals surface area contributed by atoms with Crippen molar-refractivity contribution >= 4 is 17.9 Å². The highest BCUT2D eigenvalue weighted by Crippen LogP contribution is 2.57. The molecule has 1 saturated heterocycles. The Hall–Kier alpha value is -2.11. The molecule has 0 aromatic rings. The predicted octanol–water partition coefficient (Wildman–Crippen LogP) is 2.32. The van der Waals surface area contributed by atoms with E-state index in [1.807, 2.05) is 19.9 Å². The molecule has 0 N–H and O–H groups in total. The summed E-state index contributed by atoms with van der Waals surface area (Å²) in [6, 6.07) is 0. The molecule has 1 aliphatic heterocycles. The molecule has 2 aliphatic carbocycles. The summed E-state index contributed by atoms with van der Waals surface area (Å²) in [5, 5.41) is 0. The molecule has 2 fully saturated rings. The van der Waals surface area contributed by atoms with Crippen LogP contribution in [-0.2, 0) is 28.6 Å². The van der Waals surface area contributed by atoms with Gasteiger partial charge < -0.3 is 14.2 Å². The average molecular weight is 348 g/mol. The number of hydrogen-bond donors (Lipinski definition) is 0. The van der Waals surface area contributed by atoms with E-state index in [4.69, 9.17) is 14.2 Å². The molecule has 25 heavy (non-hydrogen) atoms. The molecule has 0 aromatic heterocycles. The van der Waals surface area contributed by atoms with Gasteiger partial charge in [0.05, 0.1) is 5.92 Å². The first-order valence-electron chi connectivity index (χ1n) is 8.56. The Morgan fingerprint density at radius 3 is 2.52 bits per heavy atom. The summed E-state index contributed by atoms with van der Waals surface area (Å²) in [4.78, 5) is 35.4. The van der Waals surface area contributed by atoms with Crippen LogP contribution in [0.2, 0.25) is 0 Å². The number of carbonyl (C=O) groups excluding carboxylic acids is 3. The monoisotopic (exact) mass is 348 g/mol. The van der Waals surface area contributed by atoms with Crippen LogP contribution in [0.3, 0.4) is 0 Å². The van der Waals surface area contributed by atoms with Crippen molar-refractivity contribution in [1.29, 1.82) is 0 Å². The van der Waals surface area contributed by atoms with Crippen molar-refractivity contribution in [3.8, 4) is 0 Å². The maximum absolute atomic E-state index is 12.1. The van der Waals surface area contributed by atoms with Crippen molar-refractivity contribution in [2.24, 2.45) is 17.3 Å². The van der Waals surface area contributed by atoms with Crippen LogP contribution in [0.25, 0.3) is 0 Å². The average Bonchev–Trinajstić information content (AvgIpc) is 2.75. The molecule has 6 heteroatoms. The maximum atomic E-state index is 12.1. The molecular weight excluding hydrogens is 324 g/mol. The lowest BCUT2D eigenvalue weighted by Gasteiger charge is -2.54. The second-order valence-electron chi connectivity index (χ2n) is 7.54. The van der Waals surface area contributed by atoms with Gasteiger partial charge in [0, 0.05) is 37.2 Å². The highest BCUT2D eigenvalue weighted by atomic mass is 16.6. The minimum absolute atomic E-state index is 0.165. The lowest BCUT2D eigenvalue weighted by Crippen LogP contribution is -2.58. The normalized spacial score (nSPS) is 39.7. The van der Waals surface area contributed by atoms with E-state index in [2.05, 4.69) is 6.58 Å². The summed E-state index contributed by atoms with van der Waals surface area (Å²) in [6.07, 6.45) is 1.82. The third-order valence-electron chi connectivity index (χ3n) is 5.85. The third kappa shape index (κ3) is 2.77. The Morgan fingerprint density at radius 1 is 1.28 bits per heavy atom. The van der Waals surface area contributed by atoms with Crippen LogP contribution in [0.5, 0.6) is 0 Å². The lowest BCUT2D eigenvalue weighted by molar-refractivity contribution is -0.186. The zero-order chi connectivity index (χ0) is 18.5. The predicted molar refractivity (Wildman–Crippen MR) is 88.2 cm³/mol. The van der Waals surface area contributed by atoms with Gasteiger partial charge in [-0.05, 0) is 13.3 Å². The molecular formula is C19H24O6. The smallest absolute Gasteiger partial charge is 0.334 e. The Balaban J connectivity index is 2.07. The van der Waals surface area contributed by atoms with Gasteiger partial charge in [-0.15, -0.1) is 0 Å². The minimum Gasteiger partial charge on any atom is -0.462 e. The first-order valence-corrected chi connectivity index (χ1v) is 8.56. The fourth-order valence-corrected chi connectivity index (χ4v) is 4.88. The van der Waals surface area contributed by atoms with Crippen LogP contribution in [0.4, 0.5) is 0 Å². The maximum Gasteiger partial charge on any atom is 0.334 e. The molecule has 0 radical (unpaired) electrons. The van der Waals surface area contributed by atoms with Gasteiger partial charge in [0.2, 0.25) is 0 Å². The lowest BCUT2D eigenvalue weighted by atomic mass is 9.54. The van der Waals surface area contributed by atoms with Gasteiger partial charge in [0.1, 0.15) is 18.3 Å². The molecule has 6 atom stereocenters. The number of carbonyl (C=O) groups is 3. The molecule has 136 valence electrons. The molecule has 0 bridgehead atoms. The summed E-state index contributed by atoms with van der Waals surface area (Å²) in [6.45, 7) is 10.6. The quantitative estimate of drug-likeness (QED) is 0.330. The van der Waals surface area contributed by atoms with Crippen LogP contribution in [-0.4, -0.2) is 36.2 Å². The van der Waals surface area contributed by atoms with E-state index in [-0.39, 0.29) is 23.9 Å². The van der Waals surface area contributed by atoms with Crippen molar-refractivity contribution in [1.82, 2.24) is 0 Å². The molecule has 3 rings (SSSR count). The highest BCUT2D eigenvalue weighted by Gasteiger charge is 2.62. The Kier molecular flexibility index (Phi) is 4.25. The van der Waals surface area contributed by atoms with Crippen molar-refractivity contribution in [3.63, 3.8) is 0 Å². The molecule has 1 saturated carbocycles. The highest BCUT2D eigenvalue weighted by molar-refractivity contribution is 5.91. The van der Waals surface area contributed by atoms with Crippen molar-refractivity contribution in [2.45, 2.75) is 58.8 Å². The van der Waals surface area contributed by atoms with E-state index >= 15 is 0 Å². The van der Waals surface area contributed by atoms with Crippen molar-refractivity contribution < 1.29 is 28.6 Å². The van der Waals surface area contributed by atoms with Crippen LogP contribution in [0, 0.1) is 17.3 Å². The van der Waals surface area contributed by atoms with E-state index in [1.54, 1.807) is 0 Å². The van der Waals surface area contributed by atoms with Gasteiger partial charge in [0.25, 0.3) is 0 Å². The molecule has 0 amide bonds. The summed E-state index contributed by atoms with van der Waals surface area (Å²) < 4.78 is 16.8. The number of hydrogen-bond acceptors (Lipinski definition) is 6. The first kappa shape index (κ1) is 17.7. The molecule has 3 aliphatic rings. The van der Waals surface area contributed by atoms with Gasteiger partial charge in [0.15, 0.2) is 0 Å². The number of fused-ring (bicyclic) bond motifs is 2. The van der Waals surface area contributed by atoms with Crippen molar-refractivity contribution in [3.05, 3.63) is 23.8 Å². The molecule has 1 heterocycles. The van der Waals surface area contributed by atoms with Crippen molar-refractivity contribution in [2.75, 3.05) is 0 Å². The molecule has 0 aromatic carbocycles. The Bertz CT molecular complexity index is 677. The fraction of sp³-hybridized carbons (Fsp3) is 0.632. The second-order valence-corrected chi connectivity index (χ2v) is 7.54. The number of ether oxygens (including phenoxy) is 3. The molecule has 6 nitrogen and oxygen atoms in total. The number of esters is 3. The summed E-state index contributed by atoms with van der Waals surface area (Å²) in [5.41, 5.74) is 0.930. The van der Waals surface area contributed by atoms with E-state index in [9.17, 15) is 14.4 Å². The minimum atomic E-state index is -0.560. The van der Waals surface area contributed by atoms with Gasteiger partial charge in [-0.2, -0.15) is 0 Å². The summed E-state index contributed by atoms with van der Waals surface area (Å²) in [5.74, 6) is -1.74. The van der Waals surface area contributed by atoms with Crippen LogP contribution < -0.4 is 0 Å². The van der Waals surface area contributed by atoms with Crippen LogP contribution >= 0.6 is 0 Å². The Morgan fingerprint density at radius 2 is 1.92 bits per heavy atom.